The second-order valence-corrected chi connectivity index (χ2v) is 6.09. The van der Waals surface area contributed by atoms with E-state index in [9.17, 15) is 4.79 Å². The first-order chi connectivity index (χ1) is 10.5. The van der Waals surface area contributed by atoms with Gasteiger partial charge < -0.3 is 4.79 Å². The van der Waals surface area contributed by atoms with Gasteiger partial charge in [-0.3, -0.25) is 4.99 Å². The van der Waals surface area contributed by atoms with Crippen LogP contribution < -0.4 is 0 Å². The molecule has 0 fully saturated rings. The lowest BCUT2D eigenvalue weighted by atomic mass is 9.88. The molecule has 0 bridgehead atoms. The Morgan fingerprint density at radius 2 is 2.00 bits per heavy atom. The molecule has 116 valence electrons. The van der Waals surface area contributed by atoms with E-state index in [0.717, 1.165) is 35.2 Å². The number of nitrogens with zero attached hydrogens (tertiary/aromatic N) is 1. The fourth-order valence-corrected chi connectivity index (χ4v) is 2.43. The maximum Gasteiger partial charge on any atom is 0.126 e. The Labute approximate surface area is 137 Å². The van der Waals surface area contributed by atoms with Crippen molar-refractivity contribution in [3.05, 3.63) is 71.2 Å². The molecule has 0 heterocycles. The van der Waals surface area contributed by atoms with E-state index in [1.54, 1.807) is 12.6 Å². The van der Waals surface area contributed by atoms with Crippen LogP contribution in [0.4, 0.5) is 0 Å². The van der Waals surface area contributed by atoms with Crippen LogP contribution in [-0.2, 0) is 4.79 Å². The molecule has 1 aliphatic carbocycles. The molecule has 2 nitrogen and oxygen atoms in total. The fourth-order valence-electron chi connectivity index (χ4n) is 1.98. The van der Waals surface area contributed by atoms with Crippen LogP contribution in [0.15, 0.2) is 76.2 Å². The minimum absolute atomic E-state index is 0.00182. The molecule has 0 N–H and O–H groups in total. The third-order valence-corrected chi connectivity index (χ3v) is 4.39. The summed E-state index contributed by atoms with van der Waals surface area (Å²) in [7, 11) is 1.73. The number of aliphatic imine (C=N–C) groups is 1. The molecule has 0 saturated carbocycles. The smallest absolute Gasteiger partial charge is 0.126 e. The number of rotatable bonds is 8. The van der Waals surface area contributed by atoms with Gasteiger partial charge in [-0.15, -0.1) is 0 Å². The minimum atomic E-state index is 0.00182. The Hall–Kier alpha value is -1.87. The predicted molar refractivity (Wildman–Crippen MR) is 99.2 cm³/mol. The summed E-state index contributed by atoms with van der Waals surface area (Å²) in [5.41, 5.74) is 5.94. The Bertz CT molecular complexity index is 591. The summed E-state index contributed by atoms with van der Waals surface area (Å²) in [6, 6.07) is 0. The van der Waals surface area contributed by atoms with Crippen LogP contribution in [0.3, 0.4) is 0 Å². The Morgan fingerprint density at radius 3 is 2.55 bits per heavy atom. The van der Waals surface area contributed by atoms with Crippen LogP contribution in [0.1, 0.15) is 19.8 Å². The molecule has 1 aliphatic rings. The second-order valence-electron chi connectivity index (χ2n) is 5.15. The lowest BCUT2D eigenvalue weighted by Gasteiger charge is -2.17. The van der Waals surface area contributed by atoms with Gasteiger partial charge in [-0.2, -0.15) is 0 Å². The van der Waals surface area contributed by atoms with Gasteiger partial charge in [0.15, 0.2) is 0 Å². The SMILES string of the molecule is C=C(/C=C\C(=C)C1=CC=C(C(C)C=O)CC1)C(=C)SC=NC. The third kappa shape index (κ3) is 5.49. The molecule has 0 aliphatic heterocycles. The normalized spacial score (nSPS) is 16.3. The van der Waals surface area contributed by atoms with Crippen LogP contribution in [0, 0.1) is 5.92 Å². The summed E-state index contributed by atoms with van der Waals surface area (Å²) in [5, 5.41) is 0. The lowest BCUT2D eigenvalue weighted by Crippen LogP contribution is -2.04. The first-order valence-corrected chi connectivity index (χ1v) is 8.05. The quantitative estimate of drug-likeness (QED) is 0.272. The molecule has 1 atom stereocenters. The second kappa shape index (κ2) is 9.21. The van der Waals surface area contributed by atoms with Gasteiger partial charge in [0.25, 0.3) is 0 Å². The number of thioether (sulfide) groups is 1. The van der Waals surface area contributed by atoms with Crippen LogP contribution in [-0.4, -0.2) is 18.9 Å². The molecule has 0 radical (unpaired) electrons. The molecule has 0 spiro atoms. The van der Waals surface area contributed by atoms with E-state index in [1.165, 1.54) is 22.9 Å². The van der Waals surface area contributed by atoms with Crippen LogP contribution >= 0.6 is 11.8 Å². The summed E-state index contributed by atoms with van der Waals surface area (Å²) in [6.45, 7) is 14.0. The third-order valence-electron chi connectivity index (χ3n) is 3.53. The van der Waals surface area contributed by atoms with Crippen LogP contribution in [0.5, 0.6) is 0 Å². The van der Waals surface area contributed by atoms with Gasteiger partial charge in [0.05, 0.1) is 5.55 Å². The molecule has 1 rings (SSSR count). The van der Waals surface area contributed by atoms with Crippen molar-refractivity contribution in [2.75, 3.05) is 7.05 Å². The molecule has 22 heavy (non-hydrogen) atoms. The molecule has 0 amide bonds. The van der Waals surface area contributed by atoms with E-state index in [0.29, 0.717) is 0 Å². The largest absolute Gasteiger partial charge is 0.303 e. The monoisotopic (exact) mass is 313 g/mol. The minimum Gasteiger partial charge on any atom is -0.303 e. The van der Waals surface area contributed by atoms with Crippen LogP contribution in [0.25, 0.3) is 0 Å². The average Bonchev–Trinajstić information content (AvgIpc) is 2.56. The highest BCUT2D eigenvalue weighted by Crippen LogP contribution is 2.28. The van der Waals surface area contributed by atoms with Crippen molar-refractivity contribution >= 4 is 23.6 Å². The predicted octanol–water partition coefficient (Wildman–Crippen LogP) is 5.04. The molecule has 0 saturated heterocycles. The van der Waals surface area contributed by atoms with E-state index in [4.69, 9.17) is 0 Å². The molecule has 0 aromatic carbocycles. The number of allylic oxidation sites excluding steroid dienone is 8. The van der Waals surface area contributed by atoms with Gasteiger partial charge in [-0.05, 0) is 29.6 Å². The first kappa shape index (κ1) is 18.2. The Balaban J connectivity index is 2.66. The Kier molecular flexibility index (Phi) is 7.61. The highest BCUT2D eigenvalue weighted by Gasteiger charge is 2.12. The summed E-state index contributed by atoms with van der Waals surface area (Å²) in [6.07, 6.45) is 10.8. The van der Waals surface area contributed by atoms with E-state index in [-0.39, 0.29) is 5.92 Å². The topological polar surface area (TPSA) is 29.4 Å². The van der Waals surface area contributed by atoms with Crippen LogP contribution in [0.2, 0.25) is 0 Å². The highest BCUT2D eigenvalue weighted by atomic mass is 32.2. The summed E-state index contributed by atoms with van der Waals surface area (Å²) in [5.74, 6) is 0.00182. The molecule has 1 unspecified atom stereocenters. The zero-order valence-corrected chi connectivity index (χ0v) is 14.2. The van der Waals surface area contributed by atoms with Crippen molar-refractivity contribution in [2.45, 2.75) is 19.8 Å². The van der Waals surface area contributed by atoms with Crippen molar-refractivity contribution in [2.24, 2.45) is 10.9 Å². The summed E-state index contributed by atoms with van der Waals surface area (Å²) >= 11 is 1.45. The van der Waals surface area contributed by atoms with Gasteiger partial charge in [0, 0.05) is 17.9 Å². The molecule has 3 heteroatoms. The van der Waals surface area contributed by atoms with E-state index < -0.39 is 0 Å². The summed E-state index contributed by atoms with van der Waals surface area (Å²) < 4.78 is 0. The van der Waals surface area contributed by atoms with Gasteiger partial charge in [0.1, 0.15) is 6.29 Å². The first-order valence-electron chi connectivity index (χ1n) is 7.17. The lowest BCUT2D eigenvalue weighted by molar-refractivity contribution is -0.109. The van der Waals surface area contributed by atoms with Crippen molar-refractivity contribution in [3.63, 3.8) is 0 Å². The molecular weight excluding hydrogens is 290 g/mol. The van der Waals surface area contributed by atoms with E-state index >= 15 is 0 Å². The number of carbonyl (C=O) groups is 1. The van der Waals surface area contributed by atoms with Crippen molar-refractivity contribution in [1.29, 1.82) is 0 Å². The van der Waals surface area contributed by atoms with Gasteiger partial charge in [-0.1, -0.05) is 68.3 Å². The van der Waals surface area contributed by atoms with Crippen molar-refractivity contribution < 1.29 is 4.79 Å². The van der Waals surface area contributed by atoms with E-state index in [2.05, 4.69) is 30.8 Å². The number of aldehydes is 1. The van der Waals surface area contributed by atoms with Gasteiger partial charge in [0.2, 0.25) is 0 Å². The zero-order chi connectivity index (χ0) is 16.5. The van der Waals surface area contributed by atoms with Crippen molar-refractivity contribution in [1.82, 2.24) is 0 Å². The zero-order valence-electron chi connectivity index (χ0n) is 13.3. The molecular formula is C19H23NOS. The number of carbonyl (C=O) groups excluding carboxylic acids is 1. The fraction of sp³-hybridized carbons (Fsp3) is 0.263. The standard InChI is InChI=1S/C19H23NOS/c1-14(17(4)22-13-20-5)6-7-15(2)18-8-10-19(11-9-18)16(3)12-21/h6-8,10,12-13,16H,1-2,4,9,11H2,3,5H3/b7-6-,20-13?. The van der Waals surface area contributed by atoms with Crippen molar-refractivity contribution in [3.8, 4) is 0 Å². The van der Waals surface area contributed by atoms with E-state index in [1.807, 2.05) is 25.2 Å². The maximum atomic E-state index is 10.8. The number of hydrogen-bond acceptors (Lipinski definition) is 3. The number of hydrogen-bond donors (Lipinski definition) is 0. The highest BCUT2D eigenvalue weighted by molar-refractivity contribution is 8.15. The summed E-state index contributed by atoms with van der Waals surface area (Å²) in [4.78, 5) is 15.6. The van der Waals surface area contributed by atoms with Gasteiger partial charge in [-0.25, -0.2) is 0 Å². The van der Waals surface area contributed by atoms with Gasteiger partial charge >= 0.3 is 0 Å². The molecule has 0 aromatic heterocycles. The molecule has 0 aromatic rings. The maximum absolute atomic E-state index is 10.8. The Morgan fingerprint density at radius 1 is 1.27 bits per heavy atom. The average molecular weight is 313 g/mol.